The van der Waals surface area contributed by atoms with Gasteiger partial charge in [-0.05, 0) is 0 Å². The number of aliphatic hydroxyl groups excluding tert-OH is 3. The van der Waals surface area contributed by atoms with Crippen molar-refractivity contribution in [1.82, 2.24) is 44.5 Å². The summed E-state index contributed by atoms with van der Waals surface area (Å²) in [4.78, 5) is 47.8. The lowest BCUT2D eigenvalue weighted by Crippen LogP contribution is -2.36. The van der Waals surface area contributed by atoms with E-state index in [2.05, 4.69) is 35.3 Å². The summed E-state index contributed by atoms with van der Waals surface area (Å²) >= 11 is 0. The molecule has 236 valence electrons. The van der Waals surface area contributed by atoms with E-state index in [4.69, 9.17) is 28.8 Å². The number of phosphoric ester groups is 1. The minimum atomic E-state index is -5.14. The van der Waals surface area contributed by atoms with Gasteiger partial charge >= 0.3 is 16.1 Å². The molecule has 0 radical (unpaired) electrons. The van der Waals surface area contributed by atoms with Crippen molar-refractivity contribution in [2.45, 2.75) is 49.1 Å². The van der Waals surface area contributed by atoms with E-state index in [1.807, 2.05) is 0 Å². The van der Waals surface area contributed by atoms with E-state index in [9.17, 15) is 39.0 Å². The van der Waals surface area contributed by atoms with Crippen molar-refractivity contribution in [3.8, 4) is 0 Å². The molecular formula is C19H23N10O13P2+. The second kappa shape index (κ2) is 11.8. The molecule has 0 bridgehead atoms. The number of rotatable bonds is 10. The highest BCUT2D eigenvalue weighted by Crippen LogP contribution is 2.50. The van der Waals surface area contributed by atoms with Gasteiger partial charge in [-0.2, -0.15) is 0 Å². The molecule has 25 heteroatoms. The molecule has 0 aromatic carbocycles. The first-order chi connectivity index (χ1) is 21.0. The van der Waals surface area contributed by atoms with E-state index in [1.165, 1.54) is 10.9 Å². The maximum absolute atomic E-state index is 13.1. The van der Waals surface area contributed by atoms with Crippen molar-refractivity contribution in [3.05, 3.63) is 29.3 Å². The summed E-state index contributed by atoms with van der Waals surface area (Å²) in [6, 6.07) is 0. The summed E-state index contributed by atoms with van der Waals surface area (Å²) in [6.07, 6.45) is -8.63. The van der Waals surface area contributed by atoms with Gasteiger partial charge in [0.05, 0.1) is 25.9 Å². The number of phosphoric acid groups is 1. The Morgan fingerprint density at radius 1 is 1.02 bits per heavy atom. The molecule has 4 aromatic rings. The lowest BCUT2D eigenvalue weighted by atomic mass is 10.1. The van der Waals surface area contributed by atoms with Gasteiger partial charge in [-0.15, -0.1) is 14.5 Å². The number of H-pyrrole nitrogens is 1. The fraction of sp³-hybridized carbons (Fsp3) is 0.526. The molecule has 2 fully saturated rings. The second-order valence-corrected chi connectivity index (χ2v) is 11.6. The molecule has 6 heterocycles. The fourth-order valence-electron chi connectivity index (χ4n) is 4.90. The highest BCUT2D eigenvalue weighted by atomic mass is 31.2. The first-order valence-corrected chi connectivity index (χ1v) is 15.1. The van der Waals surface area contributed by atoms with Gasteiger partial charge in [0, 0.05) is 4.57 Å². The molecule has 0 saturated carbocycles. The standard InChI is InChI=1S/C19H22N10O13P2/c20-14-8-15(22-3-21-14)28(4-23-8)19-13(10(31)6(1-30)39-19)42-44(36,37)38-2-7-12(41-43(34)35)11(32)18(40-7)29-5-24-9-16(29)25-27-26-17(9)33/h3-7,10-13,18-19,30-32H,1-2H2,(H4-,20,21,22,25,26,33,34,35,36,37)/p+1/t6-,7-,10-,11-,12-,13-,18-,19-/m1/s1. The number of hydrogen-bond acceptors (Lipinski definition) is 18. The van der Waals surface area contributed by atoms with Crippen LogP contribution in [0.3, 0.4) is 0 Å². The molecule has 0 spiro atoms. The number of aromatic nitrogens is 9. The molecule has 6 rings (SSSR count). The number of nitrogens with one attached hydrogen (secondary N) is 1. The molecule has 2 unspecified atom stereocenters. The molecule has 4 aromatic heterocycles. The van der Waals surface area contributed by atoms with Gasteiger partial charge in [0.2, 0.25) is 0 Å². The third kappa shape index (κ3) is 5.49. The number of hydrogen-bond donors (Lipinski definition) is 7. The maximum Gasteiger partial charge on any atom is 0.695 e. The molecule has 2 saturated heterocycles. The minimum absolute atomic E-state index is 0.0284. The van der Waals surface area contributed by atoms with Crippen LogP contribution < -0.4 is 11.3 Å². The second-order valence-electron chi connectivity index (χ2n) is 9.48. The number of fused-ring (bicyclic) bond motifs is 2. The van der Waals surface area contributed by atoms with E-state index in [-0.39, 0.29) is 28.1 Å². The Balaban J connectivity index is 1.22. The van der Waals surface area contributed by atoms with E-state index in [1.54, 1.807) is 0 Å². The van der Waals surface area contributed by atoms with Gasteiger partial charge in [0.1, 0.15) is 42.4 Å². The molecule has 0 amide bonds. The van der Waals surface area contributed by atoms with Crippen LogP contribution in [0.15, 0.2) is 23.8 Å². The van der Waals surface area contributed by atoms with Gasteiger partial charge in [-0.1, -0.05) is 5.21 Å². The topological polar surface area (TPSA) is 328 Å². The van der Waals surface area contributed by atoms with Crippen LogP contribution >= 0.6 is 16.1 Å². The van der Waals surface area contributed by atoms with Crippen LogP contribution in [0.4, 0.5) is 5.82 Å². The van der Waals surface area contributed by atoms with Crippen molar-refractivity contribution in [3.63, 3.8) is 0 Å². The zero-order chi connectivity index (χ0) is 31.3. The third-order valence-corrected chi connectivity index (χ3v) is 8.29. The van der Waals surface area contributed by atoms with Crippen molar-refractivity contribution < 1.29 is 57.3 Å². The summed E-state index contributed by atoms with van der Waals surface area (Å²) in [6.45, 7) is -1.55. The Morgan fingerprint density at radius 2 is 1.73 bits per heavy atom. The van der Waals surface area contributed by atoms with E-state index < -0.39 is 83.9 Å². The maximum atomic E-state index is 13.1. The molecule has 0 aliphatic carbocycles. The summed E-state index contributed by atoms with van der Waals surface area (Å²) < 4.78 is 53.6. The van der Waals surface area contributed by atoms with Crippen molar-refractivity contribution in [2.24, 2.45) is 0 Å². The first-order valence-electron chi connectivity index (χ1n) is 12.5. The Labute approximate surface area is 243 Å². The highest BCUT2D eigenvalue weighted by Gasteiger charge is 2.53. The fourth-order valence-corrected chi connectivity index (χ4v) is 6.30. The van der Waals surface area contributed by atoms with Gasteiger partial charge in [-0.3, -0.25) is 23.0 Å². The minimum Gasteiger partial charge on any atom is -0.394 e. The lowest BCUT2D eigenvalue weighted by molar-refractivity contribution is -0.0609. The predicted octanol–water partition coefficient (Wildman–Crippen LogP) is -3.02. The average molecular weight is 661 g/mol. The zero-order valence-corrected chi connectivity index (χ0v) is 23.6. The van der Waals surface area contributed by atoms with Crippen molar-refractivity contribution in [2.75, 3.05) is 18.9 Å². The number of aliphatic hydroxyl groups is 3. The number of anilines is 1. The summed E-state index contributed by atoms with van der Waals surface area (Å²) in [5.41, 5.74) is 5.17. The Hall–Kier alpha value is -3.44. The Morgan fingerprint density at radius 3 is 2.45 bits per heavy atom. The number of nitrogens with zero attached hydrogens (tertiary/aromatic N) is 8. The lowest BCUT2D eigenvalue weighted by Gasteiger charge is -2.24. The van der Waals surface area contributed by atoms with E-state index in [0.717, 1.165) is 17.2 Å². The molecule has 2 aliphatic heterocycles. The molecule has 8 N–H and O–H groups in total. The van der Waals surface area contributed by atoms with Crippen LogP contribution in [-0.2, 0) is 32.2 Å². The summed E-state index contributed by atoms with van der Waals surface area (Å²) in [7, 11) is -8.44. The van der Waals surface area contributed by atoms with Gasteiger partial charge in [-0.25, -0.2) is 29.6 Å². The normalized spacial score (nSPS) is 30.7. The van der Waals surface area contributed by atoms with Crippen molar-refractivity contribution in [1.29, 1.82) is 0 Å². The van der Waals surface area contributed by atoms with Gasteiger partial charge in [0.25, 0.3) is 5.56 Å². The van der Waals surface area contributed by atoms with Crippen LogP contribution in [0, 0.1) is 0 Å². The summed E-state index contributed by atoms with van der Waals surface area (Å²) in [5, 5.41) is 40.6. The van der Waals surface area contributed by atoms with E-state index in [0.29, 0.717) is 0 Å². The monoisotopic (exact) mass is 661 g/mol. The van der Waals surface area contributed by atoms with Gasteiger partial charge < -0.3 is 35.4 Å². The number of imidazole rings is 2. The molecular weight excluding hydrogens is 638 g/mol. The quantitative estimate of drug-likeness (QED) is 0.0831. The SMILES string of the molecule is Nc1ncnc2c1ncn2[C@@H]1O[C@H](CO)[C@@H](O)[C@H]1OP(=O)(O)OC[C@H]1O[C@@H](n2cnc3c(=O)[nH]nnc32)[C@H](O)[C@@H]1O[P+](=O)O. The van der Waals surface area contributed by atoms with Crippen molar-refractivity contribution >= 4 is 44.2 Å². The van der Waals surface area contributed by atoms with Crippen LogP contribution in [0.5, 0.6) is 0 Å². The van der Waals surface area contributed by atoms with Crippen LogP contribution in [0.25, 0.3) is 22.3 Å². The molecule has 44 heavy (non-hydrogen) atoms. The molecule has 2 aliphatic rings. The van der Waals surface area contributed by atoms with Crippen LogP contribution in [0.2, 0.25) is 0 Å². The Kier molecular flexibility index (Phi) is 8.21. The third-order valence-electron chi connectivity index (χ3n) is 6.89. The smallest absolute Gasteiger partial charge is 0.394 e. The molecule has 23 nitrogen and oxygen atoms in total. The first kappa shape index (κ1) is 30.6. The number of ether oxygens (including phenoxy) is 2. The Bertz CT molecular complexity index is 1800. The number of aromatic amines is 1. The highest BCUT2D eigenvalue weighted by molar-refractivity contribution is 7.47. The number of nitrogens with two attached hydrogens (primary N) is 1. The van der Waals surface area contributed by atoms with Crippen LogP contribution in [-0.4, -0.2) is 119 Å². The summed E-state index contributed by atoms with van der Waals surface area (Å²) in [5.74, 6) is 0.0284. The predicted molar refractivity (Wildman–Crippen MR) is 138 cm³/mol. The largest absolute Gasteiger partial charge is 0.695 e. The van der Waals surface area contributed by atoms with E-state index >= 15 is 0 Å². The zero-order valence-electron chi connectivity index (χ0n) is 21.8. The van der Waals surface area contributed by atoms with Crippen LogP contribution in [0.1, 0.15) is 12.5 Å². The van der Waals surface area contributed by atoms with Gasteiger partial charge in [0.15, 0.2) is 41.2 Å². The number of nitrogen functional groups attached to an aromatic ring is 1. The average Bonchev–Trinajstić information content (AvgIpc) is 3.74. The molecule has 10 atom stereocenters.